The second-order valence-corrected chi connectivity index (χ2v) is 11.7. The van der Waals surface area contributed by atoms with Gasteiger partial charge >= 0.3 is 0 Å². The van der Waals surface area contributed by atoms with Crippen LogP contribution in [0.4, 0.5) is 0 Å². The molecule has 1 aliphatic carbocycles. The fraction of sp³-hybridized carbons (Fsp3) is 0.0732. The van der Waals surface area contributed by atoms with Gasteiger partial charge in [0.2, 0.25) is 0 Å². The highest BCUT2D eigenvalue weighted by Gasteiger charge is 2.36. The van der Waals surface area contributed by atoms with Gasteiger partial charge in [0.15, 0.2) is 0 Å². The van der Waals surface area contributed by atoms with Crippen molar-refractivity contribution in [1.29, 1.82) is 0 Å². The maximum absolute atomic E-state index is 6.89. The van der Waals surface area contributed by atoms with E-state index in [1.807, 2.05) is 0 Å². The summed E-state index contributed by atoms with van der Waals surface area (Å²) in [5.74, 6) is 1.82. The lowest BCUT2D eigenvalue weighted by molar-refractivity contribution is 0.602. The van der Waals surface area contributed by atoms with Crippen molar-refractivity contribution in [2.75, 3.05) is 0 Å². The van der Waals surface area contributed by atoms with Gasteiger partial charge in [-0.05, 0) is 56.6 Å². The van der Waals surface area contributed by atoms with Gasteiger partial charge in [-0.25, -0.2) is 0 Å². The highest BCUT2D eigenvalue weighted by atomic mass is 16.3. The molecule has 0 atom stereocenters. The van der Waals surface area contributed by atoms with Gasteiger partial charge < -0.3 is 4.42 Å². The lowest BCUT2D eigenvalue weighted by Crippen LogP contribution is -2.14. The van der Waals surface area contributed by atoms with E-state index in [1.54, 1.807) is 0 Å². The van der Waals surface area contributed by atoms with Crippen LogP contribution in [0.15, 0.2) is 150 Å². The van der Waals surface area contributed by atoms with E-state index in [0.29, 0.717) is 0 Å². The van der Waals surface area contributed by atoms with Crippen LogP contribution in [0.3, 0.4) is 0 Å². The minimum absolute atomic E-state index is 0.0660. The Labute approximate surface area is 246 Å². The molecule has 6 aromatic carbocycles. The van der Waals surface area contributed by atoms with E-state index >= 15 is 0 Å². The highest BCUT2D eigenvalue weighted by molar-refractivity contribution is 6.05. The molecule has 7 aromatic rings. The lowest BCUT2D eigenvalue weighted by Gasteiger charge is -2.21. The van der Waals surface area contributed by atoms with Gasteiger partial charge in [-0.2, -0.15) is 0 Å². The Bertz CT molecular complexity index is 2100. The van der Waals surface area contributed by atoms with Gasteiger partial charge in [0, 0.05) is 27.3 Å². The van der Waals surface area contributed by atoms with Crippen molar-refractivity contribution in [1.82, 2.24) is 0 Å². The first-order valence-electron chi connectivity index (χ1n) is 14.6. The van der Waals surface area contributed by atoms with Crippen molar-refractivity contribution >= 4 is 10.8 Å². The summed E-state index contributed by atoms with van der Waals surface area (Å²) in [6.45, 7) is 4.67. The van der Waals surface area contributed by atoms with Crippen molar-refractivity contribution < 1.29 is 4.42 Å². The average Bonchev–Trinajstić information content (AvgIpc) is 3.54. The number of benzene rings is 6. The second kappa shape index (κ2) is 9.46. The molecule has 0 N–H and O–H groups in total. The summed E-state index contributed by atoms with van der Waals surface area (Å²) in [4.78, 5) is 0. The van der Waals surface area contributed by atoms with Crippen LogP contribution in [0.5, 0.6) is 0 Å². The minimum atomic E-state index is -0.0660. The lowest BCUT2D eigenvalue weighted by atomic mass is 9.82. The van der Waals surface area contributed by atoms with Crippen LogP contribution >= 0.6 is 0 Å². The Morgan fingerprint density at radius 3 is 1.55 bits per heavy atom. The van der Waals surface area contributed by atoms with Crippen LogP contribution in [0.1, 0.15) is 25.0 Å². The van der Waals surface area contributed by atoms with Gasteiger partial charge in [-0.15, -0.1) is 0 Å². The molecule has 1 nitrogen and oxygen atoms in total. The third kappa shape index (κ3) is 3.78. The Balaban J connectivity index is 1.31. The molecule has 0 saturated heterocycles. The third-order valence-corrected chi connectivity index (χ3v) is 8.92. The largest absolute Gasteiger partial charge is 0.455 e. The molecule has 0 aliphatic heterocycles. The predicted octanol–water partition coefficient (Wildman–Crippen LogP) is 11.4. The van der Waals surface area contributed by atoms with E-state index in [1.165, 1.54) is 44.5 Å². The number of fused-ring (bicyclic) bond motifs is 4. The molecule has 0 fully saturated rings. The molecule has 0 bridgehead atoms. The van der Waals surface area contributed by atoms with Gasteiger partial charge in [0.1, 0.15) is 11.5 Å². The second-order valence-electron chi connectivity index (χ2n) is 11.7. The molecule has 1 heteroatoms. The molecule has 1 aliphatic rings. The van der Waals surface area contributed by atoms with E-state index in [2.05, 4.69) is 159 Å². The molecule has 42 heavy (non-hydrogen) atoms. The molecule has 0 saturated carbocycles. The van der Waals surface area contributed by atoms with Gasteiger partial charge in [0.05, 0.1) is 0 Å². The summed E-state index contributed by atoms with van der Waals surface area (Å²) in [5.41, 5.74) is 12.3. The van der Waals surface area contributed by atoms with Gasteiger partial charge in [-0.1, -0.05) is 147 Å². The first-order chi connectivity index (χ1) is 20.6. The summed E-state index contributed by atoms with van der Waals surface area (Å²) in [6, 6.07) is 52.1. The normalized spacial score (nSPS) is 13.2. The molecule has 0 unspecified atom stereocenters. The van der Waals surface area contributed by atoms with E-state index in [0.717, 1.165) is 33.4 Å². The quantitative estimate of drug-likeness (QED) is 0.217. The van der Waals surface area contributed by atoms with Crippen molar-refractivity contribution in [3.05, 3.63) is 157 Å². The summed E-state index contributed by atoms with van der Waals surface area (Å²) in [5, 5.41) is 2.26. The summed E-state index contributed by atoms with van der Waals surface area (Å²) >= 11 is 0. The molecule has 8 rings (SSSR count). The standard InChI is InChI=1S/C41H30O/c1-41(2)37-23-21-29(27-13-5-3-6-14-27)25-35(37)36-26-30(22-24-38(36)41)39-33-19-11-12-20-34(33)40(42-39)32-18-10-9-17-31(32)28-15-7-4-8-16-28/h3-26H,1-2H3. The maximum Gasteiger partial charge on any atom is 0.143 e. The molecule has 0 amide bonds. The molecule has 200 valence electrons. The summed E-state index contributed by atoms with van der Waals surface area (Å²) in [7, 11) is 0. The van der Waals surface area contributed by atoms with Crippen molar-refractivity contribution in [2.24, 2.45) is 0 Å². The SMILES string of the molecule is CC1(C)c2ccc(-c3ccccc3)cc2-c2cc(-c3oc(-c4ccccc4-c4ccccc4)c4ccccc34)ccc21. The number of furan rings is 1. The zero-order valence-corrected chi connectivity index (χ0v) is 23.8. The van der Waals surface area contributed by atoms with Crippen LogP contribution < -0.4 is 0 Å². The molecular formula is C41H30O. The molecule has 0 radical (unpaired) electrons. The topological polar surface area (TPSA) is 13.1 Å². The fourth-order valence-electron chi connectivity index (χ4n) is 6.78. The average molecular weight is 539 g/mol. The smallest absolute Gasteiger partial charge is 0.143 e. The van der Waals surface area contributed by atoms with E-state index < -0.39 is 0 Å². The monoisotopic (exact) mass is 538 g/mol. The maximum atomic E-state index is 6.89. The Morgan fingerprint density at radius 1 is 0.381 bits per heavy atom. The number of rotatable bonds is 4. The molecule has 1 aromatic heterocycles. The van der Waals surface area contributed by atoms with Crippen LogP contribution in [0.25, 0.3) is 66.8 Å². The molecule has 0 spiro atoms. The zero-order chi connectivity index (χ0) is 28.3. The molecule has 1 heterocycles. The van der Waals surface area contributed by atoms with Crippen LogP contribution in [0, 0.1) is 0 Å². The fourth-order valence-corrected chi connectivity index (χ4v) is 6.78. The van der Waals surface area contributed by atoms with Crippen molar-refractivity contribution in [3.8, 4) is 56.0 Å². The Hall–Kier alpha value is -5.14. The Morgan fingerprint density at radius 2 is 0.881 bits per heavy atom. The van der Waals surface area contributed by atoms with E-state index in [9.17, 15) is 0 Å². The van der Waals surface area contributed by atoms with Crippen LogP contribution in [0.2, 0.25) is 0 Å². The third-order valence-electron chi connectivity index (χ3n) is 8.92. The highest BCUT2D eigenvalue weighted by Crippen LogP contribution is 2.51. The van der Waals surface area contributed by atoms with Crippen molar-refractivity contribution in [3.63, 3.8) is 0 Å². The predicted molar refractivity (Wildman–Crippen MR) is 176 cm³/mol. The van der Waals surface area contributed by atoms with E-state index in [-0.39, 0.29) is 5.41 Å². The summed E-state index contributed by atoms with van der Waals surface area (Å²) in [6.07, 6.45) is 0. The van der Waals surface area contributed by atoms with Crippen LogP contribution in [-0.2, 0) is 5.41 Å². The van der Waals surface area contributed by atoms with Gasteiger partial charge in [-0.3, -0.25) is 0 Å². The summed E-state index contributed by atoms with van der Waals surface area (Å²) < 4.78 is 6.89. The van der Waals surface area contributed by atoms with Gasteiger partial charge in [0.25, 0.3) is 0 Å². The van der Waals surface area contributed by atoms with Crippen molar-refractivity contribution in [2.45, 2.75) is 19.3 Å². The first kappa shape index (κ1) is 24.6. The first-order valence-corrected chi connectivity index (χ1v) is 14.6. The molecular weight excluding hydrogens is 508 g/mol. The number of hydrogen-bond donors (Lipinski definition) is 0. The number of hydrogen-bond acceptors (Lipinski definition) is 1. The zero-order valence-electron chi connectivity index (χ0n) is 23.8. The Kier molecular flexibility index (Phi) is 5.55. The van der Waals surface area contributed by atoms with E-state index in [4.69, 9.17) is 4.42 Å². The minimum Gasteiger partial charge on any atom is -0.455 e. The van der Waals surface area contributed by atoms with Crippen LogP contribution in [-0.4, -0.2) is 0 Å².